The highest BCUT2D eigenvalue weighted by Gasteiger charge is 2.30. The molecule has 3 heterocycles. The van der Waals surface area contributed by atoms with Crippen LogP contribution in [0.15, 0.2) is 29.6 Å². The third-order valence-corrected chi connectivity index (χ3v) is 6.18. The summed E-state index contributed by atoms with van der Waals surface area (Å²) in [5.74, 6) is -1.24. The van der Waals surface area contributed by atoms with E-state index in [2.05, 4.69) is 10.2 Å². The Balaban J connectivity index is 1.52. The minimum atomic E-state index is -3.61. The maximum Gasteiger partial charge on any atom is 0.356 e. The lowest BCUT2D eigenvalue weighted by Gasteiger charge is -2.33. The van der Waals surface area contributed by atoms with Crippen LogP contribution in [0.5, 0.6) is 0 Å². The Morgan fingerprint density at radius 1 is 1.22 bits per heavy atom. The fourth-order valence-electron chi connectivity index (χ4n) is 2.83. The summed E-state index contributed by atoms with van der Waals surface area (Å²) in [6.07, 6.45) is 4.43. The summed E-state index contributed by atoms with van der Waals surface area (Å²) in [6.45, 7) is 1.30. The van der Waals surface area contributed by atoms with E-state index in [-0.39, 0.29) is 42.6 Å². The van der Waals surface area contributed by atoms with E-state index < -0.39 is 16.0 Å². The van der Waals surface area contributed by atoms with Gasteiger partial charge in [-0.2, -0.15) is 14.5 Å². The van der Waals surface area contributed by atoms with E-state index in [1.54, 1.807) is 11.9 Å². The molecular formula is C15H20N6O5S. The normalized spacial score (nSPS) is 15.8. The minimum Gasteiger partial charge on any atom is -0.476 e. The van der Waals surface area contributed by atoms with Crippen molar-refractivity contribution in [1.29, 1.82) is 0 Å². The number of nitrogens with zero attached hydrogens (tertiary/aromatic N) is 6. The van der Waals surface area contributed by atoms with E-state index in [4.69, 9.17) is 5.11 Å². The van der Waals surface area contributed by atoms with Gasteiger partial charge in [-0.15, -0.1) is 0 Å². The van der Waals surface area contributed by atoms with Crippen LogP contribution in [-0.2, 0) is 28.4 Å². The average molecular weight is 396 g/mol. The summed E-state index contributed by atoms with van der Waals surface area (Å²) in [5, 5.41) is 16.6. The maximum atomic E-state index is 12.6. The largest absolute Gasteiger partial charge is 0.476 e. The monoisotopic (exact) mass is 396 g/mol. The van der Waals surface area contributed by atoms with Gasteiger partial charge in [-0.25, -0.2) is 13.2 Å². The zero-order chi connectivity index (χ0) is 19.6. The second-order valence-corrected chi connectivity index (χ2v) is 8.09. The Bertz CT molecular complexity index is 942. The van der Waals surface area contributed by atoms with Crippen LogP contribution in [0.25, 0.3) is 0 Å². The number of hydrogen-bond acceptors (Lipinski definition) is 6. The van der Waals surface area contributed by atoms with Crippen molar-refractivity contribution < 1.29 is 23.1 Å². The summed E-state index contributed by atoms with van der Waals surface area (Å²) in [5.41, 5.74) is -0.0725. The van der Waals surface area contributed by atoms with Gasteiger partial charge in [0.25, 0.3) is 0 Å². The molecule has 0 unspecified atom stereocenters. The number of sulfonamides is 1. The number of carboxylic acids is 1. The number of aryl methyl sites for hydroxylation is 2. The third-order valence-electron chi connectivity index (χ3n) is 4.32. The van der Waals surface area contributed by atoms with E-state index in [1.807, 2.05) is 0 Å². The zero-order valence-electron chi connectivity index (χ0n) is 14.7. The highest BCUT2D eigenvalue weighted by atomic mass is 32.2. The van der Waals surface area contributed by atoms with Crippen molar-refractivity contribution in [2.45, 2.75) is 17.9 Å². The minimum absolute atomic E-state index is 0.0725. The van der Waals surface area contributed by atoms with Crippen LogP contribution in [0.2, 0.25) is 0 Å². The first-order chi connectivity index (χ1) is 12.8. The SMILES string of the molecule is Cn1cc(S(=O)(=O)N2CCN(C(=O)CCn3ccc(C(=O)O)n3)CC2)cn1. The topological polar surface area (TPSA) is 131 Å². The molecule has 1 fully saturated rings. The first-order valence-corrected chi connectivity index (χ1v) is 9.75. The number of amides is 1. The molecule has 0 saturated carbocycles. The molecule has 3 rings (SSSR count). The number of carboxylic acid groups (broad SMARTS) is 1. The molecule has 2 aromatic heterocycles. The first kappa shape index (κ1) is 19.0. The Morgan fingerprint density at radius 2 is 1.93 bits per heavy atom. The Labute approximate surface area is 155 Å². The van der Waals surface area contributed by atoms with Gasteiger partial charge in [-0.1, -0.05) is 0 Å². The van der Waals surface area contributed by atoms with Gasteiger partial charge in [0.05, 0.1) is 6.20 Å². The summed E-state index contributed by atoms with van der Waals surface area (Å²) in [7, 11) is -1.96. The molecule has 1 amide bonds. The molecule has 0 bridgehead atoms. The van der Waals surface area contributed by atoms with Gasteiger partial charge in [-0.3, -0.25) is 14.2 Å². The van der Waals surface area contributed by atoms with Gasteiger partial charge in [0.15, 0.2) is 5.69 Å². The van der Waals surface area contributed by atoms with Crippen LogP contribution in [0, 0.1) is 0 Å². The van der Waals surface area contributed by atoms with E-state index in [0.717, 1.165) is 0 Å². The van der Waals surface area contributed by atoms with Gasteiger partial charge in [0.2, 0.25) is 15.9 Å². The molecule has 1 N–H and O–H groups in total. The van der Waals surface area contributed by atoms with Crippen molar-refractivity contribution >= 4 is 21.9 Å². The van der Waals surface area contributed by atoms with E-state index in [9.17, 15) is 18.0 Å². The number of rotatable bonds is 6. The quantitative estimate of drug-likeness (QED) is 0.679. The molecule has 0 aromatic carbocycles. The lowest BCUT2D eigenvalue weighted by atomic mass is 10.3. The number of carbonyl (C=O) groups is 2. The lowest BCUT2D eigenvalue weighted by molar-refractivity contribution is -0.132. The van der Waals surface area contributed by atoms with Crippen LogP contribution < -0.4 is 0 Å². The first-order valence-electron chi connectivity index (χ1n) is 8.30. The summed E-state index contributed by atoms with van der Waals surface area (Å²) in [6, 6.07) is 1.37. The number of aromatic carboxylic acids is 1. The molecule has 0 aliphatic carbocycles. The third kappa shape index (κ3) is 4.17. The van der Waals surface area contributed by atoms with Crippen molar-refractivity contribution in [1.82, 2.24) is 28.8 Å². The number of hydrogen-bond donors (Lipinski definition) is 1. The number of aromatic nitrogens is 4. The molecule has 146 valence electrons. The second-order valence-electron chi connectivity index (χ2n) is 6.15. The van der Waals surface area contributed by atoms with Crippen LogP contribution in [0.3, 0.4) is 0 Å². The van der Waals surface area contributed by atoms with Gasteiger partial charge in [0, 0.05) is 58.6 Å². The number of carbonyl (C=O) groups excluding carboxylic acids is 1. The van der Waals surface area contributed by atoms with Crippen molar-refractivity contribution in [3.05, 3.63) is 30.4 Å². The summed E-state index contributed by atoms with van der Waals surface area (Å²) >= 11 is 0. The van der Waals surface area contributed by atoms with Crippen molar-refractivity contribution in [3.8, 4) is 0 Å². The molecule has 0 spiro atoms. The molecule has 0 atom stereocenters. The van der Waals surface area contributed by atoms with E-state index >= 15 is 0 Å². The van der Waals surface area contributed by atoms with Gasteiger partial charge in [-0.05, 0) is 6.07 Å². The average Bonchev–Trinajstić information content (AvgIpc) is 3.29. The van der Waals surface area contributed by atoms with Crippen LogP contribution in [-0.4, -0.2) is 80.3 Å². The summed E-state index contributed by atoms with van der Waals surface area (Å²) in [4.78, 5) is 24.9. The fraction of sp³-hybridized carbons (Fsp3) is 0.467. The molecule has 1 saturated heterocycles. The predicted octanol–water partition coefficient (Wildman–Crippen LogP) is -0.762. The Kier molecular flexibility index (Phi) is 5.28. The predicted molar refractivity (Wildman–Crippen MR) is 92.4 cm³/mol. The summed E-state index contributed by atoms with van der Waals surface area (Å²) < 4.78 is 29.3. The van der Waals surface area contributed by atoms with E-state index in [1.165, 1.54) is 38.3 Å². The molecule has 1 aliphatic rings. The smallest absolute Gasteiger partial charge is 0.356 e. The molecule has 12 heteroatoms. The van der Waals surface area contributed by atoms with Crippen LogP contribution in [0.1, 0.15) is 16.9 Å². The van der Waals surface area contributed by atoms with Crippen LogP contribution >= 0.6 is 0 Å². The molecular weight excluding hydrogens is 376 g/mol. The highest BCUT2D eigenvalue weighted by molar-refractivity contribution is 7.89. The second kappa shape index (κ2) is 7.48. The highest BCUT2D eigenvalue weighted by Crippen LogP contribution is 2.17. The molecule has 0 radical (unpaired) electrons. The van der Waals surface area contributed by atoms with E-state index in [0.29, 0.717) is 13.1 Å². The maximum absolute atomic E-state index is 12.6. The lowest BCUT2D eigenvalue weighted by Crippen LogP contribution is -2.50. The van der Waals surface area contributed by atoms with Gasteiger partial charge in [0.1, 0.15) is 4.90 Å². The molecule has 11 nitrogen and oxygen atoms in total. The standard InChI is InChI=1S/C15H20N6O5S/c1-18-11-12(10-16-18)27(25,26)21-8-6-19(7-9-21)14(22)3-5-20-4-2-13(17-20)15(23)24/h2,4,10-11H,3,5-9H2,1H3,(H,23,24). The molecule has 27 heavy (non-hydrogen) atoms. The Hall–Kier alpha value is -2.73. The van der Waals surface area contributed by atoms with Crippen molar-refractivity contribution in [3.63, 3.8) is 0 Å². The zero-order valence-corrected chi connectivity index (χ0v) is 15.5. The van der Waals surface area contributed by atoms with Crippen molar-refractivity contribution in [2.24, 2.45) is 7.05 Å². The van der Waals surface area contributed by atoms with Gasteiger partial charge >= 0.3 is 5.97 Å². The Morgan fingerprint density at radius 3 is 2.48 bits per heavy atom. The fourth-order valence-corrected chi connectivity index (χ4v) is 4.24. The number of piperazine rings is 1. The van der Waals surface area contributed by atoms with Crippen LogP contribution in [0.4, 0.5) is 0 Å². The molecule has 2 aromatic rings. The molecule has 1 aliphatic heterocycles. The van der Waals surface area contributed by atoms with Crippen molar-refractivity contribution in [2.75, 3.05) is 26.2 Å². The van der Waals surface area contributed by atoms with Gasteiger partial charge < -0.3 is 10.0 Å².